The molecule has 1 aromatic carbocycles. The van der Waals surface area contributed by atoms with Gasteiger partial charge in [0.05, 0.1) is 0 Å². The quantitative estimate of drug-likeness (QED) is 0.749. The third-order valence-corrected chi connectivity index (χ3v) is 3.03. The number of rotatable bonds is 1. The van der Waals surface area contributed by atoms with Crippen molar-refractivity contribution in [3.05, 3.63) is 46.9 Å². The Morgan fingerprint density at radius 1 is 1.06 bits per heavy atom. The van der Waals surface area contributed by atoms with Crippen LogP contribution < -0.4 is 5.73 Å². The van der Waals surface area contributed by atoms with Gasteiger partial charge in [0.2, 0.25) is 0 Å². The lowest BCUT2D eigenvalue weighted by Gasteiger charge is -2.03. The Bertz CT molecular complexity index is 690. The van der Waals surface area contributed by atoms with Gasteiger partial charge in [0, 0.05) is 10.0 Å². The summed E-state index contributed by atoms with van der Waals surface area (Å²) in [5.41, 5.74) is 7.67. The fraction of sp³-hybridized carbons (Fsp3) is 0. The molecule has 4 nitrogen and oxygen atoms in total. The summed E-state index contributed by atoms with van der Waals surface area (Å²) in [6.45, 7) is 0. The van der Waals surface area contributed by atoms with Crippen molar-refractivity contribution in [3.63, 3.8) is 0 Å². The maximum Gasteiger partial charge on any atom is 0.170 e. The first-order valence-corrected chi connectivity index (χ1v) is 5.90. The molecular formula is C12H9BrN4. The molecule has 17 heavy (non-hydrogen) atoms. The van der Waals surface area contributed by atoms with Crippen molar-refractivity contribution in [2.24, 2.45) is 0 Å². The van der Waals surface area contributed by atoms with Crippen molar-refractivity contribution in [1.29, 1.82) is 0 Å². The number of aromatic nitrogens is 3. The summed E-state index contributed by atoms with van der Waals surface area (Å²) in [6.07, 6.45) is 0. The third-order valence-electron chi connectivity index (χ3n) is 2.54. The number of hydrogen-bond donors (Lipinski definition) is 1. The fourth-order valence-electron chi connectivity index (χ4n) is 1.78. The van der Waals surface area contributed by atoms with E-state index in [0.717, 1.165) is 21.5 Å². The topological polar surface area (TPSA) is 56.2 Å². The number of halogens is 1. The highest BCUT2D eigenvalue weighted by atomic mass is 79.9. The molecule has 0 aliphatic carbocycles. The number of nitrogens with zero attached hydrogens (tertiary/aromatic N) is 3. The van der Waals surface area contributed by atoms with Crippen LogP contribution in [0.25, 0.3) is 17.0 Å². The lowest BCUT2D eigenvalue weighted by atomic mass is 10.2. The highest BCUT2D eigenvalue weighted by Gasteiger charge is 2.09. The number of fused-ring (bicyclic) bond motifs is 1. The Morgan fingerprint density at radius 3 is 2.71 bits per heavy atom. The number of pyridine rings is 1. The molecule has 0 amide bonds. The molecule has 0 spiro atoms. The van der Waals surface area contributed by atoms with Crippen LogP contribution in [-0.2, 0) is 0 Å². The van der Waals surface area contributed by atoms with Crippen LogP contribution in [0, 0.1) is 0 Å². The van der Waals surface area contributed by atoms with E-state index in [-0.39, 0.29) is 0 Å². The van der Waals surface area contributed by atoms with E-state index in [2.05, 4.69) is 26.1 Å². The fourth-order valence-corrected chi connectivity index (χ4v) is 2.18. The van der Waals surface area contributed by atoms with E-state index in [1.165, 1.54) is 0 Å². The number of nitrogen functional groups attached to an aromatic ring is 1. The molecule has 3 rings (SSSR count). The van der Waals surface area contributed by atoms with E-state index in [1.54, 1.807) is 0 Å². The van der Waals surface area contributed by atoms with E-state index in [9.17, 15) is 0 Å². The molecule has 5 heteroatoms. The Balaban J connectivity index is 2.31. The zero-order chi connectivity index (χ0) is 11.8. The average molecular weight is 289 g/mol. The van der Waals surface area contributed by atoms with Crippen molar-refractivity contribution in [3.8, 4) is 11.4 Å². The normalized spacial score (nSPS) is 10.9. The molecule has 0 atom stereocenters. The SMILES string of the molecule is Nc1cccc2nnc(-c3cccc(Br)c3)n12. The van der Waals surface area contributed by atoms with Crippen molar-refractivity contribution in [2.75, 3.05) is 5.73 Å². The first-order valence-electron chi connectivity index (χ1n) is 5.11. The lowest BCUT2D eigenvalue weighted by molar-refractivity contribution is 1.11. The van der Waals surface area contributed by atoms with Crippen LogP contribution in [0.15, 0.2) is 46.9 Å². The van der Waals surface area contributed by atoms with E-state index in [1.807, 2.05) is 46.9 Å². The van der Waals surface area contributed by atoms with Crippen LogP contribution >= 0.6 is 15.9 Å². The summed E-state index contributed by atoms with van der Waals surface area (Å²) in [6, 6.07) is 13.5. The summed E-state index contributed by atoms with van der Waals surface area (Å²) >= 11 is 3.44. The van der Waals surface area contributed by atoms with Gasteiger partial charge in [0.1, 0.15) is 5.82 Å². The summed E-state index contributed by atoms with van der Waals surface area (Å²) in [5.74, 6) is 1.38. The molecule has 0 radical (unpaired) electrons. The Morgan fingerprint density at radius 2 is 1.88 bits per heavy atom. The Kier molecular flexibility index (Phi) is 2.33. The second kappa shape index (κ2) is 3.85. The van der Waals surface area contributed by atoms with E-state index in [4.69, 9.17) is 5.73 Å². The summed E-state index contributed by atoms with van der Waals surface area (Å²) in [4.78, 5) is 0. The molecule has 0 saturated heterocycles. The molecule has 0 bridgehead atoms. The van der Waals surface area contributed by atoms with Gasteiger partial charge in [-0.15, -0.1) is 10.2 Å². The highest BCUT2D eigenvalue weighted by Crippen LogP contribution is 2.23. The molecule has 2 N–H and O–H groups in total. The van der Waals surface area contributed by atoms with Crippen molar-refractivity contribution < 1.29 is 0 Å². The van der Waals surface area contributed by atoms with E-state index in [0.29, 0.717) is 5.82 Å². The van der Waals surface area contributed by atoms with Gasteiger partial charge in [0.25, 0.3) is 0 Å². The monoisotopic (exact) mass is 288 g/mol. The lowest BCUT2D eigenvalue weighted by Crippen LogP contribution is -1.98. The van der Waals surface area contributed by atoms with Gasteiger partial charge in [-0.2, -0.15) is 0 Å². The molecule has 2 aromatic heterocycles. The maximum atomic E-state index is 5.95. The second-order valence-electron chi connectivity index (χ2n) is 3.68. The predicted octanol–water partition coefficient (Wildman–Crippen LogP) is 2.74. The molecule has 3 aromatic rings. The van der Waals surface area contributed by atoms with Gasteiger partial charge in [-0.3, -0.25) is 4.40 Å². The van der Waals surface area contributed by atoms with Gasteiger partial charge in [-0.1, -0.05) is 34.1 Å². The van der Waals surface area contributed by atoms with Gasteiger partial charge in [0.15, 0.2) is 11.5 Å². The van der Waals surface area contributed by atoms with Crippen LogP contribution in [0.4, 0.5) is 5.82 Å². The number of benzene rings is 1. The summed E-state index contributed by atoms with van der Waals surface area (Å²) in [5, 5.41) is 8.28. The minimum Gasteiger partial charge on any atom is -0.385 e. The molecular weight excluding hydrogens is 280 g/mol. The molecule has 0 saturated carbocycles. The van der Waals surface area contributed by atoms with E-state index < -0.39 is 0 Å². The summed E-state index contributed by atoms with van der Waals surface area (Å²) < 4.78 is 2.84. The molecule has 0 fully saturated rings. The molecule has 0 aliphatic rings. The minimum absolute atomic E-state index is 0.627. The molecule has 84 valence electrons. The maximum absolute atomic E-state index is 5.95. The zero-order valence-electron chi connectivity index (χ0n) is 8.84. The second-order valence-corrected chi connectivity index (χ2v) is 4.59. The molecule has 2 heterocycles. The van der Waals surface area contributed by atoms with Crippen LogP contribution in [0.1, 0.15) is 0 Å². The number of nitrogens with two attached hydrogens (primary N) is 1. The zero-order valence-corrected chi connectivity index (χ0v) is 10.4. The molecule has 0 aliphatic heterocycles. The van der Waals surface area contributed by atoms with Crippen molar-refractivity contribution in [1.82, 2.24) is 14.6 Å². The van der Waals surface area contributed by atoms with Crippen LogP contribution in [-0.4, -0.2) is 14.6 Å². The van der Waals surface area contributed by atoms with E-state index >= 15 is 0 Å². The highest BCUT2D eigenvalue weighted by molar-refractivity contribution is 9.10. The first kappa shape index (κ1) is 10.3. The number of anilines is 1. The van der Waals surface area contributed by atoms with Gasteiger partial charge < -0.3 is 5.73 Å². The van der Waals surface area contributed by atoms with Crippen LogP contribution in [0.5, 0.6) is 0 Å². The first-order chi connectivity index (χ1) is 8.25. The average Bonchev–Trinajstić information content (AvgIpc) is 2.74. The van der Waals surface area contributed by atoms with Crippen molar-refractivity contribution in [2.45, 2.75) is 0 Å². The van der Waals surface area contributed by atoms with Gasteiger partial charge >= 0.3 is 0 Å². The molecule has 0 unspecified atom stereocenters. The predicted molar refractivity (Wildman–Crippen MR) is 70.5 cm³/mol. The van der Waals surface area contributed by atoms with Gasteiger partial charge in [-0.05, 0) is 24.3 Å². The Hall–Kier alpha value is -1.88. The van der Waals surface area contributed by atoms with Crippen molar-refractivity contribution >= 4 is 27.4 Å². The minimum atomic E-state index is 0.627. The third kappa shape index (κ3) is 1.68. The summed E-state index contributed by atoms with van der Waals surface area (Å²) in [7, 11) is 0. The Labute approximate surface area is 106 Å². The smallest absolute Gasteiger partial charge is 0.170 e. The largest absolute Gasteiger partial charge is 0.385 e. The van der Waals surface area contributed by atoms with Crippen LogP contribution in [0.2, 0.25) is 0 Å². The standard InChI is InChI=1S/C12H9BrN4/c13-9-4-1-3-8(7-9)12-16-15-11-6-2-5-10(14)17(11)12/h1-7H,14H2. The van der Waals surface area contributed by atoms with Gasteiger partial charge in [-0.25, -0.2) is 0 Å². The number of hydrogen-bond acceptors (Lipinski definition) is 3. The van der Waals surface area contributed by atoms with Crippen LogP contribution in [0.3, 0.4) is 0 Å².